The first-order valence-electron chi connectivity index (χ1n) is 8.80. The van der Waals surface area contributed by atoms with Crippen molar-refractivity contribution >= 4 is 34.8 Å². The van der Waals surface area contributed by atoms with Crippen LogP contribution in [0.1, 0.15) is 24.3 Å². The zero-order valence-corrected chi connectivity index (χ0v) is 16.7. The molecule has 0 aliphatic heterocycles. The Kier molecular flexibility index (Phi) is 6.20. The van der Waals surface area contributed by atoms with Crippen LogP contribution in [0.2, 0.25) is 0 Å². The number of nitrogens with zero attached hydrogens (tertiary/aromatic N) is 2. The van der Waals surface area contributed by atoms with Gasteiger partial charge in [-0.05, 0) is 44.4 Å². The number of rotatable bonds is 7. The minimum atomic E-state index is -1.000. The second-order valence-corrected chi connectivity index (χ2v) is 6.64. The van der Waals surface area contributed by atoms with Crippen molar-refractivity contribution in [2.24, 2.45) is 0 Å². The number of thioether (sulfide) groups is 1. The Morgan fingerprint density at radius 1 is 1.21 bits per heavy atom. The van der Waals surface area contributed by atoms with Crippen LogP contribution in [0.4, 0.5) is 5.69 Å². The first kappa shape index (κ1) is 19.8. The number of nitrogens with one attached hydrogen (secondary N) is 1. The molecule has 1 N–H and O–H groups in total. The van der Waals surface area contributed by atoms with Crippen LogP contribution in [0.15, 0.2) is 53.8 Å². The number of benzene rings is 1. The van der Waals surface area contributed by atoms with Gasteiger partial charge >= 0.3 is 5.97 Å². The fourth-order valence-corrected chi connectivity index (χ4v) is 3.20. The van der Waals surface area contributed by atoms with Crippen LogP contribution in [0, 0.1) is 0 Å². The fraction of sp³-hybridized carbons (Fsp3) is 0.250. The Labute approximate surface area is 167 Å². The lowest BCUT2D eigenvalue weighted by Crippen LogP contribution is -2.30. The summed E-state index contributed by atoms with van der Waals surface area (Å²) in [6.07, 6.45) is 2.70. The Balaban J connectivity index is 1.74. The minimum Gasteiger partial charge on any atom is -0.492 e. The van der Waals surface area contributed by atoms with Crippen LogP contribution in [0.25, 0.3) is 5.52 Å². The number of esters is 1. The third-order valence-electron chi connectivity index (χ3n) is 3.99. The molecule has 8 heteroatoms. The number of amides is 1. The molecule has 0 aliphatic rings. The van der Waals surface area contributed by atoms with Gasteiger partial charge in [-0.3, -0.25) is 9.20 Å². The lowest BCUT2D eigenvalue weighted by molar-refractivity contribution is -0.123. The van der Waals surface area contributed by atoms with E-state index in [1.54, 1.807) is 24.3 Å². The molecule has 3 aromatic rings. The average molecular weight is 399 g/mol. The average Bonchev–Trinajstić information content (AvgIpc) is 3.08. The van der Waals surface area contributed by atoms with Crippen molar-refractivity contribution in [3.63, 3.8) is 0 Å². The molecule has 146 valence electrons. The Bertz CT molecular complexity index is 1000. The predicted molar refractivity (Wildman–Crippen MR) is 108 cm³/mol. The van der Waals surface area contributed by atoms with Crippen molar-refractivity contribution in [3.8, 4) is 5.75 Å². The highest BCUT2D eigenvalue weighted by molar-refractivity contribution is 7.98. The third-order valence-corrected chi connectivity index (χ3v) is 4.64. The number of fused-ring (bicyclic) bond motifs is 1. The van der Waals surface area contributed by atoms with E-state index >= 15 is 0 Å². The van der Waals surface area contributed by atoms with Crippen LogP contribution in [-0.4, -0.2) is 40.2 Å². The minimum absolute atomic E-state index is 0.180. The van der Waals surface area contributed by atoms with Crippen LogP contribution >= 0.6 is 11.8 Å². The molecule has 7 nitrogen and oxygen atoms in total. The molecule has 0 radical (unpaired) electrons. The maximum absolute atomic E-state index is 12.6. The summed E-state index contributed by atoms with van der Waals surface area (Å²) in [7, 11) is 0. The lowest BCUT2D eigenvalue weighted by atomic mass is 10.2. The second kappa shape index (κ2) is 8.79. The number of aromatic nitrogens is 2. The van der Waals surface area contributed by atoms with Gasteiger partial charge in [0.15, 0.2) is 17.0 Å². The summed E-state index contributed by atoms with van der Waals surface area (Å²) in [6, 6.07) is 12.6. The molecule has 1 unspecified atom stereocenters. The van der Waals surface area contributed by atoms with Crippen molar-refractivity contribution in [1.29, 1.82) is 0 Å². The van der Waals surface area contributed by atoms with Gasteiger partial charge in [-0.2, -0.15) is 0 Å². The Morgan fingerprint density at radius 3 is 2.71 bits per heavy atom. The summed E-state index contributed by atoms with van der Waals surface area (Å²) < 4.78 is 12.7. The zero-order valence-electron chi connectivity index (χ0n) is 15.8. The SMILES string of the molecule is CCOc1ccccc1NC(=O)C(C)OC(=O)c1nc(SC)n2ccccc12. The first-order valence-corrected chi connectivity index (χ1v) is 10.0. The summed E-state index contributed by atoms with van der Waals surface area (Å²) in [5.74, 6) is -0.541. The van der Waals surface area contributed by atoms with Crippen molar-refractivity contribution in [2.45, 2.75) is 25.1 Å². The van der Waals surface area contributed by atoms with Crippen molar-refractivity contribution in [2.75, 3.05) is 18.2 Å². The summed E-state index contributed by atoms with van der Waals surface area (Å²) in [5, 5.41) is 3.41. The van der Waals surface area contributed by atoms with Gasteiger partial charge in [0.1, 0.15) is 5.75 Å². The molecule has 28 heavy (non-hydrogen) atoms. The Morgan fingerprint density at radius 2 is 1.96 bits per heavy atom. The normalized spacial score (nSPS) is 11.8. The van der Waals surface area contributed by atoms with E-state index in [2.05, 4.69) is 10.3 Å². The predicted octanol–water partition coefficient (Wildman–Crippen LogP) is 3.64. The van der Waals surface area contributed by atoms with E-state index in [4.69, 9.17) is 9.47 Å². The second-order valence-electron chi connectivity index (χ2n) is 5.87. The van der Waals surface area contributed by atoms with Crippen LogP contribution in [0.3, 0.4) is 0 Å². The molecule has 0 spiro atoms. The molecule has 0 fully saturated rings. The molecule has 1 amide bonds. The lowest BCUT2D eigenvalue weighted by Gasteiger charge is -2.15. The molecule has 3 rings (SSSR count). The number of hydrogen-bond acceptors (Lipinski definition) is 6. The number of ether oxygens (including phenoxy) is 2. The molecule has 0 saturated carbocycles. The number of imidazole rings is 1. The van der Waals surface area contributed by atoms with Gasteiger partial charge in [0, 0.05) is 6.20 Å². The number of anilines is 1. The molecular formula is C20H21N3O4S. The Hall–Kier alpha value is -3.00. The quantitative estimate of drug-likeness (QED) is 0.483. The maximum Gasteiger partial charge on any atom is 0.360 e. The van der Waals surface area contributed by atoms with Gasteiger partial charge < -0.3 is 14.8 Å². The molecule has 2 aromatic heterocycles. The number of para-hydroxylation sites is 2. The van der Waals surface area contributed by atoms with Gasteiger partial charge in [0.2, 0.25) is 0 Å². The first-order chi connectivity index (χ1) is 13.5. The molecule has 0 aliphatic carbocycles. The van der Waals surface area contributed by atoms with Crippen LogP contribution in [0.5, 0.6) is 5.75 Å². The molecule has 0 bridgehead atoms. The van der Waals surface area contributed by atoms with Crippen LogP contribution in [-0.2, 0) is 9.53 Å². The van der Waals surface area contributed by atoms with Gasteiger partial charge in [-0.1, -0.05) is 30.0 Å². The zero-order chi connectivity index (χ0) is 20.1. The number of hydrogen-bond donors (Lipinski definition) is 1. The van der Waals surface area contributed by atoms with E-state index in [0.717, 1.165) is 0 Å². The van der Waals surface area contributed by atoms with Crippen molar-refractivity contribution in [1.82, 2.24) is 9.38 Å². The van der Waals surface area contributed by atoms with E-state index in [1.165, 1.54) is 18.7 Å². The largest absolute Gasteiger partial charge is 0.492 e. The van der Waals surface area contributed by atoms with E-state index < -0.39 is 18.0 Å². The van der Waals surface area contributed by atoms with Gasteiger partial charge in [-0.25, -0.2) is 9.78 Å². The van der Waals surface area contributed by atoms with E-state index in [0.29, 0.717) is 28.7 Å². The number of pyridine rings is 1. The number of carbonyl (C=O) groups is 2. The van der Waals surface area contributed by atoms with E-state index in [1.807, 2.05) is 42.0 Å². The molecule has 2 heterocycles. The van der Waals surface area contributed by atoms with Crippen LogP contribution < -0.4 is 10.1 Å². The summed E-state index contributed by atoms with van der Waals surface area (Å²) in [6.45, 7) is 3.86. The van der Waals surface area contributed by atoms with E-state index in [9.17, 15) is 9.59 Å². The summed E-state index contributed by atoms with van der Waals surface area (Å²) >= 11 is 1.42. The fourth-order valence-electron chi connectivity index (χ4n) is 2.66. The molecular weight excluding hydrogens is 378 g/mol. The monoisotopic (exact) mass is 399 g/mol. The highest BCUT2D eigenvalue weighted by Crippen LogP contribution is 2.24. The molecule has 1 atom stereocenters. The standard InChI is InChI=1S/C20H21N3O4S/c1-4-26-16-11-6-5-9-14(16)21-18(24)13(2)27-19(25)17-15-10-7-8-12-23(15)20(22-17)28-3/h5-13H,4H2,1-3H3,(H,21,24). The van der Waals surface area contributed by atoms with Gasteiger partial charge in [0.05, 0.1) is 17.8 Å². The highest BCUT2D eigenvalue weighted by Gasteiger charge is 2.24. The topological polar surface area (TPSA) is 81.9 Å². The summed E-state index contributed by atoms with van der Waals surface area (Å²) in [5.41, 5.74) is 1.33. The van der Waals surface area contributed by atoms with E-state index in [-0.39, 0.29) is 5.69 Å². The number of carbonyl (C=O) groups excluding carboxylic acids is 2. The van der Waals surface area contributed by atoms with Crippen molar-refractivity contribution in [3.05, 3.63) is 54.4 Å². The third kappa shape index (κ3) is 4.12. The maximum atomic E-state index is 12.6. The van der Waals surface area contributed by atoms with Crippen molar-refractivity contribution < 1.29 is 19.1 Å². The smallest absolute Gasteiger partial charge is 0.360 e. The highest BCUT2D eigenvalue weighted by atomic mass is 32.2. The summed E-state index contributed by atoms with van der Waals surface area (Å²) in [4.78, 5) is 29.4. The molecule has 0 saturated heterocycles. The molecule has 1 aromatic carbocycles. The van der Waals surface area contributed by atoms with Gasteiger partial charge in [0.25, 0.3) is 5.91 Å². The van der Waals surface area contributed by atoms with Gasteiger partial charge in [-0.15, -0.1) is 0 Å².